The van der Waals surface area contributed by atoms with Crippen LogP contribution in [0.2, 0.25) is 0 Å². The number of rotatable bonds is 2. The van der Waals surface area contributed by atoms with Crippen LogP contribution in [0.3, 0.4) is 0 Å². The SMILES string of the molecule is CC(C)C1CCN(C(C)C)C(F)(P)C1. The van der Waals surface area contributed by atoms with Gasteiger partial charge in [-0.1, -0.05) is 23.1 Å². The first-order valence-electron chi connectivity index (χ1n) is 5.59. The molecule has 0 spiro atoms. The summed E-state index contributed by atoms with van der Waals surface area (Å²) in [7, 11) is 2.40. The largest absolute Gasteiger partial charge is 0.266 e. The Bertz CT molecular complexity index is 192. The van der Waals surface area contributed by atoms with Gasteiger partial charge in [-0.25, -0.2) is 4.39 Å². The maximum Gasteiger partial charge on any atom is 0.176 e. The zero-order valence-electron chi connectivity index (χ0n) is 9.76. The third-order valence-electron chi connectivity index (χ3n) is 3.33. The smallest absolute Gasteiger partial charge is 0.176 e. The molecule has 1 aliphatic heterocycles. The minimum Gasteiger partial charge on any atom is -0.266 e. The number of nitrogens with zero attached hydrogens (tertiary/aromatic N) is 1. The quantitative estimate of drug-likeness (QED) is 0.509. The van der Waals surface area contributed by atoms with E-state index in [0.717, 1.165) is 13.0 Å². The molecule has 0 aliphatic carbocycles. The van der Waals surface area contributed by atoms with Crippen LogP contribution in [0.1, 0.15) is 40.5 Å². The minimum atomic E-state index is -1.18. The van der Waals surface area contributed by atoms with Gasteiger partial charge >= 0.3 is 0 Å². The topological polar surface area (TPSA) is 3.24 Å². The highest BCUT2D eigenvalue weighted by Crippen LogP contribution is 2.41. The van der Waals surface area contributed by atoms with E-state index in [0.29, 0.717) is 24.3 Å². The predicted molar refractivity (Wildman–Crippen MR) is 63.0 cm³/mol. The number of piperidine rings is 1. The number of alkyl halides is 1. The fourth-order valence-electron chi connectivity index (χ4n) is 2.33. The summed E-state index contributed by atoms with van der Waals surface area (Å²) in [6.45, 7) is 9.40. The van der Waals surface area contributed by atoms with Crippen molar-refractivity contribution in [2.45, 2.75) is 52.1 Å². The molecule has 0 saturated carbocycles. The van der Waals surface area contributed by atoms with Crippen molar-refractivity contribution in [3.8, 4) is 0 Å². The molecule has 1 saturated heterocycles. The van der Waals surface area contributed by atoms with Crippen LogP contribution in [0.4, 0.5) is 4.39 Å². The molecular weight excluding hydrogens is 196 g/mol. The fourth-order valence-corrected chi connectivity index (χ4v) is 3.06. The Morgan fingerprint density at radius 3 is 2.29 bits per heavy atom. The zero-order chi connectivity index (χ0) is 10.9. The second kappa shape index (κ2) is 4.45. The predicted octanol–water partition coefficient (Wildman–Crippen LogP) is 3.26. The van der Waals surface area contributed by atoms with Crippen molar-refractivity contribution in [1.29, 1.82) is 0 Å². The summed E-state index contributed by atoms with van der Waals surface area (Å²) in [5, 5.41) is 0. The fraction of sp³-hybridized carbons (Fsp3) is 1.00. The van der Waals surface area contributed by atoms with E-state index < -0.39 is 5.53 Å². The van der Waals surface area contributed by atoms with E-state index >= 15 is 0 Å². The third-order valence-corrected chi connectivity index (χ3v) is 3.90. The standard InChI is InChI=1S/C11H23FNP/c1-8(2)10-5-6-13(9(3)4)11(12,14)7-10/h8-10H,5-7,14H2,1-4H3. The lowest BCUT2D eigenvalue weighted by Crippen LogP contribution is -2.50. The first-order valence-corrected chi connectivity index (χ1v) is 6.17. The summed E-state index contributed by atoms with van der Waals surface area (Å²) in [5.74, 6) is 1.13. The van der Waals surface area contributed by atoms with Gasteiger partial charge in [0.15, 0.2) is 5.53 Å². The Hall–Kier alpha value is 0.320. The first-order chi connectivity index (χ1) is 6.34. The Morgan fingerprint density at radius 1 is 1.36 bits per heavy atom. The second-order valence-corrected chi connectivity index (χ2v) is 5.99. The average Bonchev–Trinajstić information content (AvgIpc) is 2.01. The van der Waals surface area contributed by atoms with Crippen LogP contribution >= 0.6 is 9.24 Å². The Labute approximate surface area is 89.6 Å². The summed E-state index contributed by atoms with van der Waals surface area (Å²) >= 11 is 0. The van der Waals surface area contributed by atoms with Gasteiger partial charge in [0.1, 0.15) is 0 Å². The summed E-state index contributed by atoms with van der Waals surface area (Å²) < 4.78 is 14.3. The lowest BCUT2D eigenvalue weighted by molar-refractivity contribution is -0.0382. The minimum absolute atomic E-state index is 0.297. The molecule has 0 N–H and O–H groups in total. The molecule has 1 nitrogen and oxygen atoms in total. The molecule has 0 aromatic heterocycles. The molecule has 1 fully saturated rings. The van der Waals surface area contributed by atoms with Crippen LogP contribution in [0, 0.1) is 11.8 Å². The van der Waals surface area contributed by atoms with E-state index in [1.165, 1.54) is 0 Å². The normalized spacial score (nSPS) is 35.6. The molecule has 0 bridgehead atoms. The maximum absolute atomic E-state index is 14.3. The molecule has 1 rings (SSSR count). The van der Waals surface area contributed by atoms with E-state index in [9.17, 15) is 4.39 Å². The van der Waals surface area contributed by atoms with Gasteiger partial charge in [-0.05, 0) is 32.1 Å². The van der Waals surface area contributed by atoms with Crippen molar-refractivity contribution < 1.29 is 4.39 Å². The monoisotopic (exact) mass is 219 g/mol. The van der Waals surface area contributed by atoms with E-state index in [2.05, 4.69) is 36.9 Å². The molecule has 0 aromatic rings. The van der Waals surface area contributed by atoms with Crippen LogP contribution < -0.4 is 0 Å². The second-order valence-electron chi connectivity index (χ2n) is 5.10. The van der Waals surface area contributed by atoms with Crippen LogP contribution in [0.25, 0.3) is 0 Å². The van der Waals surface area contributed by atoms with Crippen molar-refractivity contribution in [2.24, 2.45) is 11.8 Å². The van der Waals surface area contributed by atoms with E-state index in [1.54, 1.807) is 0 Å². The van der Waals surface area contributed by atoms with Crippen molar-refractivity contribution in [1.82, 2.24) is 4.90 Å². The molecular formula is C11H23FNP. The summed E-state index contributed by atoms with van der Waals surface area (Å²) in [6.07, 6.45) is 1.80. The number of likely N-dealkylation sites (tertiary alicyclic amines) is 1. The van der Waals surface area contributed by atoms with Crippen LogP contribution in [0.5, 0.6) is 0 Å². The molecule has 14 heavy (non-hydrogen) atoms. The molecule has 3 unspecified atom stereocenters. The molecule has 1 heterocycles. The number of hydrogen-bond donors (Lipinski definition) is 0. The lowest BCUT2D eigenvalue weighted by atomic mass is 9.85. The van der Waals surface area contributed by atoms with Crippen LogP contribution in [0.15, 0.2) is 0 Å². The van der Waals surface area contributed by atoms with E-state index in [-0.39, 0.29) is 0 Å². The number of halogens is 1. The molecule has 0 radical (unpaired) electrons. The van der Waals surface area contributed by atoms with Gasteiger partial charge in [-0.2, -0.15) is 0 Å². The Balaban J connectivity index is 2.65. The van der Waals surface area contributed by atoms with Gasteiger partial charge in [0.05, 0.1) is 0 Å². The highest BCUT2D eigenvalue weighted by Gasteiger charge is 2.40. The van der Waals surface area contributed by atoms with Crippen molar-refractivity contribution >= 4 is 9.24 Å². The van der Waals surface area contributed by atoms with Gasteiger partial charge in [-0.3, -0.25) is 4.90 Å². The molecule has 3 heteroatoms. The molecule has 84 valence electrons. The lowest BCUT2D eigenvalue weighted by Gasteiger charge is -2.45. The maximum atomic E-state index is 14.3. The van der Waals surface area contributed by atoms with Gasteiger partial charge in [0, 0.05) is 19.0 Å². The third kappa shape index (κ3) is 2.67. The Morgan fingerprint density at radius 2 is 1.93 bits per heavy atom. The van der Waals surface area contributed by atoms with E-state index in [4.69, 9.17) is 0 Å². The van der Waals surface area contributed by atoms with Crippen molar-refractivity contribution in [3.63, 3.8) is 0 Å². The molecule has 3 atom stereocenters. The van der Waals surface area contributed by atoms with E-state index in [1.807, 2.05) is 4.90 Å². The van der Waals surface area contributed by atoms with Crippen molar-refractivity contribution in [2.75, 3.05) is 6.54 Å². The van der Waals surface area contributed by atoms with Crippen LogP contribution in [-0.2, 0) is 0 Å². The summed E-state index contributed by atoms with van der Waals surface area (Å²) in [4.78, 5) is 1.95. The van der Waals surface area contributed by atoms with Gasteiger partial charge in [0.2, 0.25) is 0 Å². The first kappa shape index (κ1) is 12.4. The van der Waals surface area contributed by atoms with Gasteiger partial charge in [-0.15, -0.1) is 0 Å². The molecule has 0 aromatic carbocycles. The number of hydrogen-bond acceptors (Lipinski definition) is 1. The van der Waals surface area contributed by atoms with Gasteiger partial charge in [0.25, 0.3) is 0 Å². The average molecular weight is 219 g/mol. The summed E-state index contributed by atoms with van der Waals surface area (Å²) in [6, 6.07) is 0.297. The zero-order valence-corrected chi connectivity index (χ0v) is 10.9. The van der Waals surface area contributed by atoms with Gasteiger partial charge < -0.3 is 0 Å². The molecule has 1 aliphatic rings. The summed E-state index contributed by atoms with van der Waals surface area (Å²) in [5.41, 5.74) is -1.18. The Kier molecular flexibility index (Phi) is 3.94. The highest BCUT2D eigenvalue weighted by molar-refractivity contribution is 7.18. The van der Waals surface area contributed by atoms with Crippen LogP contribution in [-0.4, -0.2) is 23.0 Å². The molecule has 0 amide bonds. The van der Waals surface area contributed by atoms with Crippen molar-refractivity contribution in [3.05, 3.63) is 0 Å². The highest BCUT2D eigenvalue weighted by atomic mass is 31.0.